The van der Waals surface area contributed by atoms with Crippen molar-refractivity contribution >= 4 is 27.2 Å². The van der Waals surface area contributed by atoms with Gasteiger partial charge in [0.2, 0.25) is 10.0 Å². The Bertz CT molecular complexity index is 688. The number of thiocarbonyl (C=S) groups is 1. The van der Waals surface area contributed by atoms with Crippen molar-refractivity contribution in [3.05, 3.63) is 60.4 Å². The molecule has 0 bridgehead atoms. The smallest absolute Gasteiger partial charge is 0.243 e. The number of hydrogen-bond donors (Lipinski definition) is 2. The Hall–Kier alpha value is -1.83. The number of pyridine rings is 1. The normalized spacial score (nSPS) is 12.8. The van der Waals surface area contributed by atoms with Crippen LogP contribution in [-0.4, -0.2) is 18.4 Å². The topological polar surface area (TPSA) is 85.1 Å². The van der Waals surface area contributed by atoms with Crippen LogP contribution in [0.3, 0.4) is 0 Å². The summed E-state index contributed by atoms with van der Waals surface area (Å²) < 4.78 is 27.0. The maximum atomic E-state index is 12.3. The molecule has 0 aliphatic heterocycles. The Morgan fingerprint density at radius 3 is 2.45 bits per heavy atom. The molecule has 0 saturated heterocycles. The number of benzene rings is 1. The fraction of sp³-hybridized carbons (Fsp3) is 0.0769. The van der Waals surface area contributed by atoms with Gasteiger partial charge in [-0.2, -0.15) is 4.72 Å². The average molecular weight is 307 g/mol. The lowest BCUT2D eigenvalue weighted by Crippen LogP contribution is -2.36. The monoisotopic (exact) mass is 307 g/mol. The van der Waals surface area contributed by atoms with Gasteiger partial charge >= 0.3 is 0 Å². The molecule has 0 aliphatic rings. The van der Waals surface area contributed by atoms with E-state index in [2.05, 4.69) is 9.71 Å². The molecule has 0 saturated carbocycles. The van der Waals surface area contributed by atoms with Crippen LogP contribution >= 0.6 is 12.2 Å². The molecule has 2 aromatic rings. The molecule has 7 heteroatoms. The minimum Gasteiger partial charge on any atom is -0.392 e. The molecule has 104 valence electrons. The molecule has 1 aromatic heterocycles. The lowest BCUT2D eigenvalue weighted by molar-refractivity contribution is 0.577. The Kier molecular flexibility index (Phi) is 4.43. The number of nitrogens with zero attached hydrogens (tertiary/aromatic N) is 1. The maximum absolute atomic E-state index is 12.3. The molecule has 0 amide bonds. The van der Waals surface area contributed by atoms with Crippen LogP contribution in [0.15, 0.2) is 59.8 Å². The first kappa shape index (κ1) is 14.6. The van der Waals surface area contributed by atoms with E-state index >= 15 is 0 Å². The fourth-order valence-corrected chi connectivity index (χ4v) is 3.10. The van der Waals surface area contributed by atoms with E-state index in [1.165, 1.54) is 18.5 Å². The summed E-state index contributed by atoms with van der Waals surface area (Å²) in [6.07, 6.45) is 2.77. The molecule has 2 rings (SSSR count). The van der Waals surface area contributed by atoms with Gasteiger partial charge in [-0.25, -0.2) is 8.42 Å². The molecule has 1 heterocycles. The van der Waals surface area contributed by atoms with Gasteiger partial charge in [0.15, 0.2) is 0 Å². The van der Waals surface area contributed by atoms with Gasteiger partial charge in [0, 0.05) is 12.4 Å². The van der Waals surface area contributed by atoms with Gasteiger partial charge in [-0.05, 0) is 17.7 Å². The molecule has 5 nitrogen and oxygen atoms in total. The maximum Gasteiger partial charge on any atom is 0.243 e. The van der Waals surface area contributed by atoms with Crippen molar-refractivity contribution in [1.82, 2.24) is 9.71 Å². The quantitative estimate of drug-likeness (QED) is 0.815. The van der Waals surface area contributed by atoms with Gasteiger partial charge in [-0.15, -0.1) is 0 Å². The first-order valence-electron chi connectivity index (χ1n) is 5.77. The molecular weight excluding hydrogens is 294 g/mol. The Morgan fingerprint density at radius 1 is 1.20 bits per heavy atom. The summed E-state index contributed by atoms with van der Waals surface area (Å²) >= 11 is 4.95. The summed E-state index contributed by atoms with van der Waals surface area (Å²) in [5.41, 5.74) is 6.33. The second kappa shape index (κ2) is 6.08. The molecule has 1 atom stereocenters. The van der Waals surface area contributed by atoms with Crippen molar-refractivity contribution in [1.29, 1.82) is 0 Å². The van der Waals surface area contributed by atoms with Crippen LogP contribution in [0.1, 0.15) is 11.6 Å². The van der Waals surface area contributed by atoms with E-state index in [-0.39, 0.29) is 9.88 Å². The Labute approximate surface area is 122 Å². The van der Waals surface area contributed by atoms with Crippen molar-refractivity contribution < 1.29 is 8.42 Å². The molecule has 1 unspecified atom stereocenters. The van der Waals surface area contributed by atoms with Crippen molar-refractivity contribution in [2.45, 2.75) is 10.9 Å². The SMILES string of the molecule is NC(=S)C(NS(=O)(=O)c1cccnc1)c1ccccc1. The van der Waals surface area contributed by atoms with Gasteiger partial charge in [0.25, 0.3) is 0 Å². The molecule has 0 aliphatic carbocycles. The van der Waals surface area contributed by atoms with E-state index < -0.39 is 16.1 Å². The predicted octanol–water partition coefficient (Wildman–Crippen LogP) is 1.39. The Morgan fingerprint density at radius 2 is 1.90 bits per heavy atom. The first-order valence-corrected chi connectivity index (χ1v) is 7.66. The molecule has 20 heavy (non-hydrogen) atoms. The van der Waals surface area contributed by atoms with Crippen LogP contribution < -0.4 is 10.5 Å². The van der Waals surface area contributed by atoms with Gasteiger partial charge in [-0.1, -0.05) is 42.5 Å². The molecule has 0 spiro atoms. The molecule has 0 fully saturated rings. The lowest BCUT2D eigenvalue weighted by atomic mass is 10.1. The van der Waals surface area contributed by atoms with Gasteiger partial charge < -0.3 is 5.73 Å². The second-order valence-electron chi connectivity index (χ2n) is 4.06. The third-order valence-electron chi connectivity index (χ3n) is 2.64. The van der Waals surface area contributed by atoms with E-state index in [4.69, 9.17) is 18.0 Å². The summed E-state index contributed by atoms with van der Waals surface area (Å²) in [5, 5.41) is 0. The minimum absolute atomic E-state index is 0.0589. The molecule has 0 radical (unpaired) electrons. The molecular formula is C13H13N3O2S2. The van der Waals surface area contributed by atoms with Crippen molar-refractivity contribution in [2.75, 3.05) is 0 Å². The predicted molar refractivity (Wildman–Crippen MR) is 80.5 cm³/mol. The van der Waals surface area contributed by atoms with Crippen LogP contribution in [0, 0.1) is 0 Å². The van der Waals surface area contributed by atoms with Crippen molar-refractivity contribution in [3.8, 4) is 0 Å². The zero-order chi connectivity index (χ0) is 14.6. The third kappa shape index (κ3) is 3.38. The highest BCUT2D eigenvalue weighted by Gasteiger charge is 2.23. The summed E-state index contributed by atoms with van der Waals surface area (Å²) in [5.74, 6) is 0. The highest BCUT2D eigenvalue weighted by atomic mass is 32.2. The average Bonchev–Trinajstić information content (AvgIpc) is 2.46. The van der Waals surface area contributed by atoms with Crippen LogP contribution in [0.2, 0.25) is 0 Å². The van der Waals surface area contributed by atoms with Crippen molar-refractivity contribution in [2.24, 2.45) is 5.73 Å². The summed E-state index contributed by atoms with van der Waals surface area (Å²) in [4.78, 5) is 3.92. The Balaban J connectivity index is 2.33. The molecule has 1 aromatic carbocycles. The summed E-state index contributed by atoms with van der Waals surface area (Å²) in [6.45, 7) is 0. The van der Waals surface area contributed by atoms with Crippen LogP contribution in [0.4, 0.5) is 0 Å². The fourth-order valence-electron chi connectivity index (χ4n) is 1.67. The minimum atomic E-state index is -3.73. The van der Waals surface area contributed by atoms with E-state index in [1.54, 1.807) is 30.3 Å². The standard InChI is InChI=1S/C13H13N3O2S2/c14-13(19)12(10-5-2-1-3-6-10)16-20(17,18)11-7-4-8-15-9-11/h1-9,12,16H,(H2,14,19). The number of aromatic nitrogens is 1. The number of sulfonamides is 1. The highest BCUT2D eigenvalue weighted by molar-refractivity contribution is 7.89. The number of hydrogen-bond acceptors (Lipinski definition) is 4. The number of nitrogens with two attached hydrogens (primary N) is 1. The number of rotatable bonds is 5. The summed E-state index contributed by atoms with van der Waals surface area (Å²) in [6, 6.07) is 11.2. The van der Waals surface area contributed by atoms with Gasteiger partial charge in [0.1, 0.15) is 4.90 Å². The van der Waals surface area contributed by atoms with Gasteiger partial charge in [0.05, 0.1) is 11.0 Å². The van der Waals surface area contributed by atoms with Crippen LogP contribution in [0.25, 0.3) is 0 Å². The third-order valence-corrected chi connectivity index (χ3v) is 4.28. The largest absolute Gasteiger partial charge is 0.392 e. The zero-order valence-corrected chi connectivity index (χ0v) is 12.1. The zero-order valence-electron chi connectivity index (χ0n) is 10.4. The summed E-state index contributed by atoms with van der Waals surface area (Å²) in [7, 11) is -3.73. The van der Waals surface area contributed by atoms with Gasteiger partial charge in [-0.3, -0.25) is 4.98 Å². The second-order valence-corrected chi connectivity index (χ2v) is 6.24. The van der Waals surface area contributed by atoms with E-state index in [1.807, 2.05) is 6.07 Å². The van der Waals surface area contributed by atoms with Crippen LogP contribution in [-0.2, 0) is 10.0 Å². The number of nitrogens with one attached hydrogen (secondary N) is 1. The van der Waals surface area contributed by atoms with Crippen LogP contribution in [0.5, 0.6) is 0 Å². The molecule has 3 N–H and O–H groups in total. The van der Waals surface area contributed by atoms with E-state index in [0.29, 0.717) is 5.56 Å². The highest BCUT2D eigenvalue weighted by Crippen LogP contribution is 2.17. The first-order chi connectivity index (χ1) is 9.50. The lowest BCUT2D eigenvalue weighted by Gasteiger charge is -2.17. The van der Waals surface area contributed by atoms with Crippen molar-refractivity contribution in [3.63, 3.8) is 0 Å². The van der Waals surface area contributed by atoms with E-state index in [0.717, 1.165) is 0 Å². The van der Waals surface area contributed by atoms with E-state index in [9.17, 15) is 8.42 Å².